The van der Waals surface area contributed by atoms with Crippen LogP contribution in [0.2, 0.25) is 0 Å². The monoisotopic (exact) mass is 296 g/mol. The molecule has 21 heavy (non-hydrogen) atoms. The predicted molar refractivity (Wildman–Crippen MR) is 76.8 cm³/mol. The first-order chi connectivity index (χ1) is 9.66. The molecule has 1 rings (SSSR count). The Morgan fingerprint density at radius 3 is 1.71 bits per heavy atom. The number of halogens is 1. The highest BCUT2D eigenvalue weighted by Crippen LogP contribution is 2.35. The lowest BCUT2D eigenvalue weighted by Gasteiger charge is -2.25. The normalized spacial score (nSPS) is 14.2. The average molecular weight is 296 g/mol. The molecule has 4 nitrogen and oxygen atoms in total. The predicted octanol–water partition coefficient (Wildman–Crippen LogP) is 3.47. The van der Waals surface area contributed by atoms with Gasteiger partial charge in [0.2, 0.25) is 0 Å². The molecule has 2 N–H and O–H groups in total. The molecule has 1 aromatic carbocycles. The van der Waals surface area contributed by atoms with E-state index in [-0.39, 0.29) is 17.4 Å². The fourth-order valence-corrected chi connectivity index (χ4v) is 2.65. The zero-order valence-corrected chi connectivity index (χ0v) is 12.6. The maximum absolute atomic E-state index is 13.6. The van der Waals surface area contributed by atoms with E-state index in [0.29, 0.717) is 5.56 Å². The summed E-state index contributed by atoms with van der Waals surface area (Å²) in [7, 11) is 0. The van der Waals surface area contributed by atoms with Crippen LogP contribution in [0.4, 0.5) is 4.39 Å². The number of carboxylic acid groups (broad SMARTS) is 2. The highest BCUT2D eigenvalue weighted by Gasteiger charge is 2.32. The maximum atomic E-state index is 13.6. The van der Waals surface area contributed by atoms with Crippen LogP contribution in [0.25, 0.3) is 0 Å². The third-order valence-electron chi connectivity index (χ3n) is 3.58. The summed E-state index contributed by atoms with van der Waals surface area (Å²) < 4.78 is 13.6. The second-order valence-corrected chi connectivity index (χ2v) is 5.89. The molecule has 0 heterocycles. The Morgan fingerprint density at radius 1 is 0.905 bits per heavy atom. The second-order valence-electron chi connectivity index (χ2n) is 5.89. The molecule has 0 saturated heterocycles. The Labute approximate surface area is 123 Å². The van der Waals surface area contributed by atoms with Gasteiger partial charge in [0.05, 0.1) is 11.8 Å². The zero-order chi connectivity index (χ0) is 16.3. The second kappa shape index (κ2) is 6.70. The minimum Gasteiger partial charge on any atom is -0.481 e. The molecule has 116 valence electrons. The molecule has 2 unspecified atom stereocenters. The summed E-state index contributed by atoms with van der Waals surface area (Å²) >= 11 is 0. The SMILES string of the molecule is CC(C)C(C(=O)O)c1ccc(F)cc1C(C(=O)O)C(C)C. The molecule has 0 aliphatic rings. The maximum Gasteiger partial charge on any atom is 0.311 e. The van der Waals surface area contributed by atoms with Crippen LogP contribution in [0, 0.1) is 17.7 Å². The van der Waals surface area contributed by atoms with Crippen LogP contribution in [0.5, 0.6) is 0 Å². The van der Waals surface area contributed by atoms with Crippen molar-refractivity contribution in [2.75, 3.05) is 0 Å². The van der Waals surface area contributed by atoms with Gasteiger partial charge in [-0.25, -0.2) is 4.39 Å². The summed E-state index contributed by atoms with van der Waals surface area (Å²) in [5.74, 6) is -4.97. The fraction of sp³-hybridized carbons (Fsp3) is 0.500. The lowest BCUT2D eigenvalue weighted by atomic mass is 9.78. The van der Waals surface area contributed by atoms with Gasteiger partial charge in [-0.3, -0.25) is 9.59 Å². The lowest BCUT2D eigenvalue weighted by Crippen LogP contribution is -2.24. The lowest BCUT2D eigenvalue weighted by molar-refractivity contribution is -0.141. The van der Waals surface area contributed by atoms with E-state index < -0.39 is 29.6 Å². The van der Waals surface area contributed by atoms with Crippen LogP contribution in [0.1, 0.15) is 50.7 Å². The summed E-state index contributed by atoms with van der Waals surface area (Å²) in [6.45, 7) is 6.94. The Hall–Kier alpha value is -1.91. The third kappa shape index (κ3) is 3.80. The Morgan fingerprint density at radius 2 is 1.33 bits per heavy atom. The van der Waals surface area contributed by atoms with Crippen molar-refractivity contribution in [1.82, 2.24) is 0 Å². The minimum absolute atomic E-state index is 0.228. The molecule has 2 atom stereocenters. The number of benzene rings is 1. The highest BCUT2D eigenvalue weighted by molar-refractivity contribution is 5.81. The van der Waals surface area contributed by atoms with Crippen molar-refractivity contribution in [3.05, 3.63) is 35.1 Å². The number of carbonyl (C=O) groups is 2. The molecular weight excluding hydrogens is 275 g/mol. The van der Waals surface area contributed by atoms with E-state index in [9.17, 15) is 24.2 Å². The van der Waals surface area contributed by atoms with Crippen molar-refractivity contribution >= 4 is 11.9 Å². The molecular formula is C16H21FO4. The third-order valence-corrected chi connectivity index (χ3v) is 3.58. The molecule has 0 bridgehead atoms. The molecule has 0 amide bonds. The summed E-state index contributed by atoms with van der Waals surface area (Å²) in [4.78, 5) is 23.0. The van der Waals surface area contributed by atoms with Crippen molar-refractivity contribution in [1.29, 1.82) is 0 Å². The Bertz CT molecular complexity index is 537. The largest absolute Gasteiger partial charge is 0.481 e. The first kappa shape index (κ1) is 17.1. The van der Waals surface area contributed by atoms with Crippen LogP contribution in [-0.2, 0) is 9.59 Å². The Balaban J connectivity index is 3.53. The Kier molecular flexibility index (Phi) is 5.47. The van der Waals surface area contributed by atoms with E-state index in [2.05, 4.69) is 0 Å². The van der Waals surface area contributed by atoms with Gasteiger partial charge in [-0.2, -0.15) is 0 Å². The van der Waals surface area contributed by atoms with Crippen molar-refractivity contribution in [2.24, 2.45) is 11.8 Å². The van der Waals surface area contributed by atoms with Gasteiger partial charge in [-0.05, 0) is 35.1 Å². The standard InChI is InChI=1S/C16H21FO4/c1-8(2)13(15(18)19)11-6-5-10(17)7-12(11)14(9(3)4)16(20)21/h5-9,13-14H,1-4H3,(H,18,19)(H,20,21). The number of hydrogen-bond acceptors (Lipinski definition) is 2. The highest BCUT2D eigenvalue weighted by atomic mass is 19.1. The summed E-state index contributed by atoms with van der Waals surface area (Å²) in [5, 5.41) is 18.8. The number of hydrogen-bond donors (Lipinski definition) is 2. The summed E-state index contributed by atoms with van der Waals surface area (Å²) in [6.07, 6.45) is 0. The van der Waals surface area contributed by atoms with Crippen LogP contribution in [0.15, 0.2) is 18.2 Å². The minimum atomic E-state index is -1.08. The van der Waals surface area contributed by atoms with Gasteiger partial charge in [-0.15, -0.1) is 0 Å². The zero-order valence-electron chi connectivity index (χ0n) is 12.6. The van der Waals surface area contributed by atoms with E-state index in [1.54, 1.807) is 27.7 Å². The van der Waals surface area contributed by atoms with Crippen molar-refractivity contribution in [2.45, 2.75) is 39.5 Å². The van der Waals surface area contributed by atoms with Gasteiger partial charge in [0.25, 0.3) is 0 Å². The average Bonchev–Trinajstić information content (AvgIpc) is 2.30. The van der Waals surface area contributed by atoms with Gasteiger partial charge >= 0.3 is 11.9 Å². The van der Waals surface area contributed by atoms with Gasteiger partial charge in [-0.1, -0.05) is 33.8 Å². The first-order valence-electron chi connectivity index (χ1n) is 6.91. The summed E-state index contributed by atoms with van der Waals surface area (Å²) in [5.41, 5.74) is 0.624. The van der Waals surface area contributed by atoms with Crippen molar-refractivity contribution in [3.8, 4) is 0 Å². The first-order valence-corrected chi connectivity index (χ1v) is 6.91. The van der Waals surface area contributed by atoms with Crippen LogP contribution in [0.3, 0.4) is 0 Å². The topological polar surface area (TPSA) is 74.6 Å². The molecule has 5 heteroatoms. The van der Waals surface area contributed by atoms with Crippen LogP contribution in [-0.4, -0.2) is 22.2 Å². The number of carboxylic acids is 2. The smallest absolute Gasteiger partial charge is 0.311 e. The van der Waals surface area contributed by atoms with E-state index in [1.807, 2.05) is 0 Å². The van der Waals surface area contributed by atoms with E-state index >= 15 is 0 Å². The molecule has 0 fully saturated rings. The van der Waals surface area contributed by atoms with Gasteiger partial charge in [0.1, 0.15) is 5.82 Å². The number of aliphatic carboxylic acids is 2. The fourth-order valence-electron chi connectivity index (χ4n) is 2.65. The van der Waals surface area contributed by atoms with E-state index in [0.717, 1.165) is 6.07 Å². The molecule has 0 radical (unpaired) electrons. The molecule has 0 aliphatic heterocycles. The molecule has 0 spiro atoms. The van der Waals surface area contributed by atoms with Crippen LogP contribution >= 0.6 is 0 Å². The van der Waals surface area contributed by atoms with Crippen molar-refractivity contribution in [3.63, 3.8) is 0 Å². The van der Waals surface area contributed by atoms with E-state index in [4.69, 9.17) is 0 Å². The van der Waals surface area contributed by atoms with Crippen molar-refractivity contribution < 1.29 is 24.2 Å². The van der Waals surface area contributed by atoms with Gasteiger partial charge in [0, 0.05) is 0 Å². The van der Waals surface area contributed by atoms with E-state index in [1.165, 1.54) is 12.1 Å². The molecule has 1 aromatic rings. The quantitative estimate of drug-likeness (QED) is 0.843. The molecule has 0 aromatic heterocycles. The van der Waals surface area contributed by atoms with Crippen LogP contribution < -0.4 is 0 Å². The summed E-state index contributed by atoms with van der Waals surface area (Å²) in [6, 6.07) is 3.71. The molecule has 0 aliphatic carbocycles. The number of rotatable bonds is 6. The van der Waals surface area contributed by atoms with Gasteiger partial charge < -0.3 is 10.2 Å². The van der Waals surface area contributed by atoms with Gasteiger partial charge in [0.15, 0.2) is 0 Å². The molecule has 0 saturated carbocycles.